The van der Waals surface area contributed by atoms with Crippen LogP contribution in [-0.2, 0) is 0 Å². The Bertz CT molecular complexity index is 1090. The van der Waals surface area contributed by atoms with Crippen LogP contribution in [0.4, 0.5) is 5.82 Å². The van der Waals surface area contributed by atoms with E-state index in [1.807, 2.05) is 25.2 Å². The zero-order valence-corrected chi connectivity index (χ0v) is 15.3. The molecule has 0 spiro atoms. The number of nitrogen functional groups attached to an aromatic ring is 1. The zero-order chi connectivity index (χ0) is 18.3. The molecular formula is C16H19N7OS. The van der Waals surface area contributed by atoms with Gasteiger partial charge >= 0.3 is 0 Å². The SMILES string of the molecule is CC.Cc1ncc2c(C(N)=O)c(N)n(-c3c(C)sc4cncn34)c2n1. The minimum Gasteiger partial charge on any atom is -0.384 e. The maximum absolute atomic E-state index is 11.9. The van der Waals surface area contributed by atoms with Crippen molar-refractivity contribution in [1.29, 1.82) is 0 Å². The number of nitrogens with zero attached hydrogens (tertiary/aromatic N) is 5. The normalized spacial score (nSPS) is 10.9. The third-order valence-electron chi connectivity index (χ3n) is 3.73. The van der Waals surface area contributed by atoms with Crippen LogP contribution in [-0.4, -0.2) is 29.8 Å². The minimum atomic E-state index is -0.603. The van der Waals surface area contributed by atoms with Crippen LogP contribution in [0.25, 0.3) is 21.7 Å². The summed E-state index contributed by atoms with van der Waals surface area (Å²) in [6.07, 6.45) is 5.06. The average Bonchev–Trinajstić information content (AvgIpc) is 3.21. The summed E-state index contributed by atoms with van der Waals surface area (Å²) in [6, 6.07) is 0. The van der Waals surface area contributed by atoms with Crippen molar-refractivity contribution in [1.82, 2.24) is 23.9 Å². The van der Waals surface area contributed by atoms with E-state index < -0.39 is 5.91 Å². The lowest BCUT2D eigenvalue weighted by Gasteiger charge is -2.08. The number of thiazole rings is 1. The molecule has 0 aliphatic carbocycles. The Morgan fingerprint density at radius 3 is 2.64 bits per heavy atom. The number of carbonyl (C=O) groups is 1. The van der Waals surface area contributed by atoms with Crippen molar-refractivity contribution in [2.24, 2.45) is 5.73 Å². The van der Waals surface area contributed by atoms with Gasteiger partial charge in [0.15, 0.2) is 5.65 Å². The number of aryl methyl sites for hydroxylation is 2. The molecular weight excluding hydrogens is 338 g/mol. The number of rotatable bonds is 2. The molecule has 0 unspecified atom stereocenters. The van der Waals surface area contributed by atoms with Gasteiger partial charge in [-0.05, 0) is 13.8 Å². The fourth-order valence-electron chi connectivity index (χ4n) is 2.80. The molecule has 4 heterocycles. The van der Waals surface area contributed by atoms with E-state index >= 15 is 0 Å². The summed E-state index contributed by atoms with van der Waals surface area (Å²) in [6.45, 7) is 7.76. The Balaban J connectivity index is 0.000000880. The lowest BCUT2D eigenvalue weighted by Crippen LogP contribution is -2.14. The van der Waals surface area contributed by atoms with Gasteiger partial charge in [-0.1, -0.05) is 13.8 Å². The Hall–Kier alpha value is -2.94. The molecule has 0 aromatic carbocycles. The predicted octanol–water partition coefficient (Wildman–Crippen LogP) is 2.45. The summed E-state index contributed by atoms with van der Waals surface area (Å²) in [5.41, 5.74) is 12.6. The molecule has 8 nitrogen and oxygen atoms in total. The molecule has 0 bridgehead atoms. The fourth-order valence-corrected chi connectivity index (χ4v) is 3.74. The minimum absolute atomic E-state index is 0.235. The van der Waals surface area contributed by atoms with E-state index in [-0.39, 0.29) is 11.4 Å². The van der Waals surface area contributed by atoms with Gasteiger partial charge < -0.3 is 11.5 Å². The van der Waals surface area contributed by atoms with E-state index in [2.05, 4.69) is 15.0 Å². The summed E-state index contributed by atoms with van der Waals surface area (Å²) in [5.74, 6) is 1.04. The second-order valence-corrected chi connectivity index (χ2v) is 6.43. The van der Waals surface area contributed by atoms with Crippen molar-refractivity contribution in [3.8, 4) is 5.82 Å². The molecule has 0 aliphatic rings. The predicted molar refractivity (Wildman–Crippen MR) is 99.2 cm³/mol. The number of hydrogen-bond acceptors (Lipinski definition) is 6. The fraction of sp³-hybridized carbons (Fsp3) is 0.250. The Morgan fingerprint density at radius 1 is 1.24 bits per heavy atom. The number of anilines is 1. The highest BCUT2D eigenvalue weighted by Crippen LogP contribution is 2.34. The molecule has 1 amide bonds. The molecule has 4 N–H and O–H groups in total. The van der Waals surface area contributed by atoms with E-state index in [0.717, 1.165) is 15.5 Å². The average molecular weight is 357 g/mol. The molecule has 0 atom stereocenters. The molecule has 4 rings (SSSR count). The molecule has 0 saturated heterocycles. The smallest absolute Gasteiger partial charge is 0.253 e. The molecule has 0 saturated carbocycles. The molecule has 25 heavy (non-hydrogen) atoms. The van der Waals surface area contributed by atoms with E-state index in [0.29, 0.717) is 16.9 Å². The van der Waals surface area contributed by atoms with Gasteiger partial charge in [0.05, 0.1) is 17.1 Å². The van der Waals surface area contributed by atoms with Crippen LogP contribution >= 0.6 is 11.3 Å². The topological polar surface area (TPSA) is 117 Å². The Labute approximate surface area is 148 Å². The number of hydrogen-bond donors (Lipinski definition) is 2. The monoisotopic (exact) mass is 357 g/mol. The van der Waals surface area contributed by atoms with Gasteiger partial charge in [-0.25, -0.2) is 15.0 Å². The summed E-state index contributed by atoms with van der Waals surface area (Å²) in [5, 5.41) is 0.541. The second-order valence-electron chi connectivity index (χ2n) is 5.20. The van der Waals surface area contributed by atoms with Crippen LogP contribution in [0.3, 0.4) is 0 Å². The first kappa shape index (κ1) is 16.9. The molecule has 0 aliphatic heterocycles. The van der Waals surface area contributed by atoms with E-state index in [4.69, 9.17) is 11.5 Å². The van der Waals surface area contributed by atoms with Gasteiger partial charge in [-0.3, -0.25) is 13.8 Å². The lowest BCUT2D eigenvalue weighted by atomic mass is 10.2. The highest BCUT2D eigenvalue weighted by atomic mass is 32.1. The highest BCUT2D eigenvalue weighted by Gasteiger charge is 2.24. The maximum atomic E-state index is 11.9. The van der Waals surface area contributed by atoms with Crippen molar-refractivity contribution >= 4 is 38.9 Å². The largest absolute Gasteiger partial charge is 0.384 e. The van der Waals surface area contributed by atoms with Crippen molar-refractivity contribution < 1.29 is 4.79 Å². The van der Waals surface area contributed by atoms with Crippen LogP contribution in [0, 0.1) is 13.8 Å². The number of imidazole rings is 1. The first-order valence-electron chi connectivity index (χ1n) is 7.84. The van der Waals surface area contributed by atoms with E-state index in [1.165, 1.54) is 0 Å². The van der Waals surface area contributed by atoms with Gasteiger partial charge in [-0.2, -0.15) is 0 Å². The van der Waals surface area contributed by atoms with Crippen LogP contribution in [0.2, 0.25) is 0 Å². The van der Waals surface area contributed by atoms with E-state index in [1.54, 1.807) is 41.5 Å². The number of aromatic nitrogens is 5. The third kappa shape index (κ3) is 2.43. The summed E-state index contributed by atoms with van der Waals surface area (Å²) in [7, 11) is 0. The number of carbonyl (C=O) groups excluding carboxylic acids is 1. The summed E-state index contributed by atoms with van der Waals surface area (Å²) < 4.78 is 3.66. The zero-order valence-electron chi connectivity index (χ0n) is 14.4. The van der Waals surface area contributed by atoms with Gasteiger partial charge in [0.1, 0.15) is 28.6 Å². The second kappa shape index (κ2) is 6.17. The van der Waals surface area contributed by atoms with Crippen LogP contribution in [0.15, 0.2) is 18.7 Å². The van der Waals surface area contributed by atoms with Crippen molar-refractivity contribution in [2.75, 3.05) is 5.73 Å². The molecule has 0 fully saturated rings. The number of amides is 1. The van der Waals surface area contributed by atoms with Crippen LogP contribution in [0.1, 0.15) is 34.9 Å². The van der Waals surface area contributed by atoms with Crippen LogP contribution in [0.5, 0.6) is 0 Å². The number of primary amides is 1. The molecule has 4 aromatic rings. The molecule has 4 aromatic heterocycles. The van der Waals surface area contributed by atoms with Crippen molar-refractivity contribution in [2.45, 2.75) is 27.7 Å². The number of nitrogens with two attached hydrogens (primary N) is 2. The molecule has 9 heteroatoms. The summed E-state index contributed by atoms with van der Waals surface area (Å²) in [4.78, 5) is 26.6. The van der Waals surface area contributed by atoms with Gasteiger partial charge in [0, 0.05) is 11.1 Å². The van der Waals surface area contributed by atoms with Gasteiger partial charge in [-0.15, -0.1) is 11.3 Å². The molecule has 130 valence electrons. The highest BCUT2D eigenvalue weighted by molar-refractivity contribution is 7.17. The first-order chi connectivity index (χ1) is 12.0. The molecule has 0 radical (unpaired) electrons. The van der Waals surface area contributed by atoms with Gasteiger partial charge in [0.25, 0.3) is 5.91 Å². The third-order valence-corrected chi connectivity index (χ3v) is 4.73. The maximum Gasteiger partial charge on any atom is 0.253 e. The first-order valence-corrected chi connectivity index (χ1v) is 8.66. The van der Waals surface area contributed by atoms with Crippen LogP contribution < -0.4 is 11.5 Å². The quantitative estimate of drug-likeness (QED) is 0.571. The Kier molecular flexibility index (Phi) is 4.17. The van der Waals surface area contributed by atoms with E-state index in [9.17, 15) is 4.79 Å². The summed E-state index contributed by atoms with van der Waals surface area (Å²) >= 11 is 1.58. The lowest BCUT2D eigenvalue weighted by molar-refractivity contribution is 0.100. The van der Waals surface area contributed by atoms with Crippen molar-refractivity contribution in [3.63, 3.8) is 0 Å². The number of fused-ring (bicyclic) bond motifs is 2. The Morgan fingerprint density at radius 2 is 1.96 bits per heavy atom. The van der Waals surface area contributed by atoms with Crippen molar-refractivity contribution in [3.05, 3.63) is 35.0 Å². The standard InChI is InChI=1S/C14H13N7OS.C2H6/c1-6-14(20-5-17-4-9(20)23-6)21-11(15)10(12(16)22)8-3-18-7(2)19-13(8)21;1-2/h3-5H,15H2,1-2H3,(H2,16,22);1-2H3. The van der Waals surface area contributed by atoms with Gasteiger partial charge in [0.2, 0.25) is 0 Å².